The molecule has 8 nitrogen and oxygen atoms in total. The van der Waals surface area contributed by atoms with Gasteiger partial charge in [-0.2, -0.15) is 0 Å². The number of nitrogens with zero attached hydrogens (tertiary/aromatic N) is 3. The highest BCUT2D eigenvalue weighted by Gasteiger charge is 2.46. The van der Waals surface area contributed by atoms with Gasteiger partial charge in [-0.25, -0.2) is 0 Å². The summed E-state index contributed by atoms with van der Waals surface area (Å²) in [5, 5.41) is 11.2. The number of Topliss-reactive ketones (excluding diaryl/α,β-unsaturated/α-hetero) is 1. The fraction of sp³-hybridized carbons (Fsp3) is 0.300. The number of amides is 1. The molecule has 1 aromatic heterocycles. The average molecular weight is 516 g/mol. The molecular weight excluding hydrogens is 482 g/mol. The quantitative estimate of drug-likeness (QED) is 0.229. The predicted molar refractivity (Wildman–Crippen MR) is 145 cm³/mol. The minimum atomic E-state index is -0.782. The molecule has 4 rings (SSSR count). The highest BCUT2D eigenvalue weighted by atomic mass is 16.5. The standard InChI is InChI=1S/C30H33N3O5/c1-4-32(5-2)17-18-33-27(26(29(35)30(33)36)28(34)22-13-15-31-16-14-22)23-11-12-24(25(19-23)37-3)38-20-21-9-7-6-8-10-21/h6-16,19,27,34H,4-5,17-18,20H2,1-3H3/b28-26+. The lowest BCUT2D eigenvalue weighted by atomic mass is 9.95. The van der Waals surface area contributed by atoms with Gasteiger partial charge in [-0.05, 0) is 48.5 Å². The maximum atomic E-state index is 13.3. The van der Waals surface area contributed by atoms with Gasteiger partial charge in [-0.15, -0.1) is 0 Å². The van der Waals surface area contributed by atoms with Crippen LogP contribution in [0.2, 0.25) is 0 Å². The third-order valence-corrected chi connectivity index (χ3v) is 6.79. The first-order valence-corrected chi connectivity index (χ1v) is 12.7. The van der Waals surface area contributed by atoms with Gasteiger partial charge < -0.3 is 24.4 Å². The van der Waals surface area contributed by atoms with Crippen molar-refractivity contribution in [3.8, 4) is 11.5 Å². The molecule has 1 N–H and O–H groups in total. The zero-order valence-electron chi connectivity index (χ0n) is 22.0. The number of ether oxygens (including phenoxy) is 2. The molecular formula is C30H33N3O5. The Morgan fingerprint density at radius 1 is 1.00 bits per heavy atom. The Bertz CT molecular complexity index is 1290. The van der Waals surface area contributed by atoms with Crippen molar-refractivity contribution in [2.45, 2.75) is 26.5 Å². The van der Waals surface area contributed by atoms with E-state index in [1.54, 1.807) is 31.4 Å². The molecule has 38 heavy (non-hydrogen) atoms. The van der Waals surface area contributed by atoms with Crippen LogP contribution in [0, 0.1) is 0 Å². The molecule has 0 aliphatic carbocycles. The van der Waals surface area contributed by atoms with Crippen LogP contribution in [-0.2, 0) is 16.2 Å². The second kappa shape index (κ2) is 12.4. The van der Waals surface area contributed by atoms with E-state index in [0.717, 1.165) is 18.7 Å². The SMILES string of the molecule is CCN(CC)CCN1C(=O)C(=O)/C(=C(/O)c2ccncc2)C1c1ccc(OCc2ccccc2)c(OC)c1. The van der Waals surface area contributed by atoms with Gasteiger partial charge in [-0.3, -0.25) is 14.6 Å². The lowest BCUT2D eigenvalue weighted by molar-refractivity contribution is -0.140. The number of carbonyl (C=O) groups excluding carboxylic acids is 2. The van der Waals surface area contributed by atoms with E-state index in [4.69, 9.17) is 9.47 Å². The van der Waals surface area contributed by atoms with Gasteiger partial charge in [0, 0.05) is 31.0 Å². The summed E-state index contributed by atoms with van der Waals surface area (Å²) in [6, 6.07) is 17.6. The lowest BCUT2D eigenvalue weighted by Crippen LogP contribution is -2.38. The van der Waals surface area contributed by atoms with Gasteiger partial charge in [0.2, 0.25) is 0 Å². The number of pyridine rings is 1. The zero-order valence-corrected chi connectivity index (χ0v) is 22.0. The lowest BCUT2D eigenvalue weighted by Gasteiger charge is -2.28. The number of rotatable bonds is 11. The number of likely N-dealkylation sites (tertiary alicyclic amines) is 1. The first-order valence-electron chi connectivity index (χ1n) is 12.7. The summed E-state index contributed by atoms with van der Waals surface area (Å²) in [6.07, 6.45) is 3.06. The summed E-state index contributed by atoms with van der Waals surface area (Å²) in [4.78, 5) is 34.2. The summed E-state index contributed by atoms with van der Waals surface area (Å²) in [5.74, 6) is -0.580. The molecule has 0 radical (unpaired) electrons. The number of likely N-dealkylation sites (N-methyl/N-ethyl adjacent to an activating group) is 1. The van der Waals surface area contributed by atoms with Crippen molar-refractivity contribution in [3.63, 3.8) is 0 Å². The Balaban J connectivity index is 1.73. The Morgan fingerprint density at radius 3 is 2.37 bits per heavy atom. The number of hydrogen-bond acceptors (Lipinski definition) is 7. The number of ketones is 1. The molecule has 0 spiro atoms. The summed E-state index contributed by atoms with van der Waals surface area (Å²) in [5.41, 5.74) is 2.12. The fourth-order valence-corrected chi connectivity index (χ4v) is 4.62. The van der Waals surface area contributed by atoms with Crippen LogP contribution < -0.4 is 9.47 Å². The number of aliphatic hydroxyl groups is 1. The van der Waals surface area contributed by atoms with Crippen LogP contribution in [0.15, 0.2) is 78.6 Å². The number of aromatic nitrogens is 1. The Kier molecular flexibility index (Phi) is 8.76. The van der Waals surface area contributed by atoms with Crippen molar-refractivity contribution >= 4 is 17.4 Å². The van der Waals surface area contributed by atoms with Crippen molar-refractivity contribution in [1.82, 2.24) is 14.8 Å². The molecule has 1 saturated heterocycles. The van der Waals surface area contributed by atoms with E-state index in [9.17, 15) is 14.7 Å². The van der Waals surface area contributed by atoms with Crippen molar-refractivity contribution in [2.24, 2.45) is 0 Å². The summed E-state index contributed by atoms with van der Waals surface area (Å²) in [7, 11) is 1.54. The van der Waals surface area contributed by atoms with Crippen molar-refractivity contribution in [3.05, 3.63) is 95.3 Å². The molecule has 1 fully saturated rings. The highest BCUT2D eigenvalue weighted by molar-refractivity contribution is 6.46. The van der Waals surface area contributed by atoms with Crippen LogP contribution in [0.25, 0.3) is 5.76 Å². The molecule has 3 aromatic rings. The molecule has 0 bridgehead atoms. The summed E-state index contributed by atoms with van der Waals surface area (Å²) < 4.78 is 11.6. The second-order valence-corrected chi connectivity index (χ2v) is 8.94. The molecule has 1 aliphatic rings. The average Bonchev–Trinajstić information content (AvgIpc) is 3.22. The van der Waals surface area contributed by atoms with Crippen molar-refractivity contribution in [1.29, 1.82) is 0 Å². The first kappa shape index (κ1) is 26.9. The monoisotopic (exact) mass is 515 g/mol. The number of carbonyl (C=O) groups is 2. The van der Waals surface area contributed by atoms with Gasteiger partial charge in [0.25, 0.3) is 11.7 Å². The number of hydrogen-bond donors (Lipinski definition) is 1. The number of benzene rings is 2. The van der Waals surface area contributed by atoms with E-state index >= 15 is 0 Å². The predicted octanol–water partition coefficient (Wildman–Crippen LogP) is 4.43. The number of aliphatic hydroxyl groups excluding tert-OH is 1. The Morgan fingerprint density at radius 2 is 1.71 bits per heavy atom. The third-order valence-electron chi connectivity index (χ3n) is 6.79. The van der Waals surface area contributed by atoms with Crippen LogP contribution in [0.3, 0.4) is 0 Å². The van der Waals surface area contributed by atoms with E-state index in [2.05, 4.69) is 23.7 Å². The highest BCUT2D eigenvalue weighted by Crippen LogP contribution is 2.42. The molecule has 8 heteroatoms. The van der Waals surface area contributed by atoms with E-state index in [1.807, 2.05) is 36.4 Å². The molecule has 1 atom stereocenters. The van der Waals surface area contributed by atoms with Crippen LogP contribution in [0.5, 0.6) is 11.5 Å². The van der Waals surface area contributed by atoms with Gasteiger partial charge in [-0.1, -0.05) is 50.2 Å². The largest absolute Gasteiger partial charge is 0.507 e. The molecule has 198 valence electrons. The first-order chi connectivity index (χ1) is 18.5. The molecule has 2 heterocycles. The topological polar surface area (TPSA) is 92.2 Å². The van der Waals surface area contributed by atoms with Crippen molar-refractivity contribution in [2.75, 3.05) is 33.3 Å². The van der Waals surface area contributed by atoms with E-state index in [0.29, 0.717) is 42.3 Å². The maximum Gasteiger partial charge on any atom is 0.295 e. The van der Waals surface area contributed by atoms with Crippen molar-refractivity contribution < 1.29 is 24.2 Å². The van der Waals surface area contributed by atoms with Crippen LogP contribution >= 0.6 is 0 Å². The van der Waals surface area contributed by atoms with Crippen LogP contribution in [0.4, 0.5) is 0 Å². The minimum Gasteiger partial charge on any atom is -0.507 e. The van der Waals surface area contributed by atoms with E-state index in [-0.39, 0.29) is 11.3 Å². The van der Waals surface area contributed by atoms with Gasteiger partial charge >= 0.3 is 0 Å². The minimum absolute atomic E-state index is 0.0424. The van der Waals surface area contributed by atoms with Gasteiger partial charge in [0.1, 0.15) is 12.4 Å². The molecule has 2 aromatic carbocycles. The fourth-order valence-electron chi connectivity index (χ4n) is 4.62. The summed E-state index contributed by atoms with van der Waals surface area (Å²) in [6.45, 7) is 7.04. The van der Waals surface area contributed by atoms with E-state index in [1.165, 1.54) is 17.3 Å². The van der Waals surface area contributed by atoms with Gasteiger partial charge in [0.15, 0.2) is 11.5 Å². The summed E-state index contributed by atoms with van der Waals surface area (Å²) >= 11 is 0. The Labute approximate surface area is 223 Å². The molecule has 1 aliphatic heterocycles. The van der Waals surface area contributed by atoms with E-state index < -0.39 is 17.7 Å². The normalized spacial score (nSPS) is 16.7. The molecule has 1 amide bonds. The molecule has 1 unspecified atom stereocenters. The zero-order chi connectivity index (χ0) is 27.1. The smallest absolute Gasteiger partial charge is 0.295 e. The number of methoxy groups -OCH3 is 1. The maximum absolute atomic E-state index is 13.3. The Hall–Kier alpha value is -4.17. The molecule has 0 saturated carbocycles. The van der Waals surface area contributed by atoms with Crippen LogP contribution in [0.1, 0.15) is 36.6 Å². The third kappa shape index (κ3) is 5.70. The second-order valence-electron chi connectivity index (χ2n) is 8.94. The van der Waals surface area contributed by atoms with Crippen LogP contribution in [-0.4, -0.2) is 64.9 Å². The van der Waals surface area contributed by atoms with Gasteiger partial charge in [0.05, 0.1) is 18.7 Å².